The lowest BCUT2D eigenvalue weighted by Gasteiger charge is -2.50. The van der Waals surface area contributed by atoms with Crippen molar-refractivity contribution in [1.82, 2.24) is 9.97 Å². The van der Waals surface area contributed by atoms with Gasteiger partial charge in [0, 0.05) is 31.7 Å². The van der Waals surface area contributed by atoms with Gasteiger partial charge in [-0.05, 0) is 19.3 Å². The van der Waals surface area contributed by atoms with Crippen molar-refractivity contribution in [1.29, 1.82) is 5.26 Å². The van der Waals surface area contributed by atoms with Crippen LogP contribution in [-0.4, -0.2) is 42.4 Å². The first kappa shape index (κ1) is 16.0. The first-order valence-electron chi connectivity index (χ1n) is 7.56. The number of nitrogens with zero attached hydrogens (tertiary/aromatic N) is 4. The van der Waals surface area contributed by atoms with Crippen LogP contribution in [0.1, 0.15) is 25.0 Å². The predicted molar refractivity (Wildman–Crippen MR) is 75.6 cm³/mol. The van der Waals surface area contributed by atoms with Crippen LogP contribution in [0.4, 0.5) is 19.0 Å². The largest absolute Gasteiger partial charge is 0.392 e. The van der Waals surface area contributed by atoms with E-state index < -0.39 is 17.5 Å². The summed E-state index contributed by atoms with van der Waals surface area (Å²) in [6.45, 7) is 1.23. The van der Waals surface area contributed by atoms with E-state index in [1.807, 2.05) is 11.0 Å². The van der Waals surface area contributed by atoms with E-state index >= 15 is 0 Å². The molecule has 124 valence electrons. The third kappa shape index (κ3) is 3.11. The molecule has 2 aliphatic rings. The van der Waals surface area contributed by atoms with Crippen LogP contribution in [0.3, 0.4) is 0 Å². The van der Waals surface area contributed by atoms with Crippen LogP contribution in [0, 0.1) is 22.7 Å². The smallest absolute Gasteiger partial charge is 0.381 e. The maximum absolute atomic E-state index is 13.5. The minimum atomic E-state index is -4.20. The van der Waals surface area contributed by atoms with Crippen LogP contribution >= 0.6 is 0 Å². The Labute approximate surface area is 132 Å². The lowest BCUT2D eigenvalue weighted by molar-refractivity contribution is -0.223. The molecule has 1 spiro atoms. The Balaban J connectivity index is 1.88. The standard InChI is InChI=1S/C15H17F3N4O/c16-15(17,18)12-1-4-22(10-14(12)2-5-23-6-3-14)13-9-20-8-11(7-19)21-13/h8-9,12H,1-6,10H2. The number of rotatable bonds is 1. The number of anilines is 1. The lowest BCUT2D eigenvalue weighted by Crippen LogP contribution is -2.55. The van der Waals surface area contributed by atoms with Crippen molar-refractivity contribution in [3.8, 4) is 6.07 Å². The molecular weight excluding hydrogens is 309 g/mol. The third-order valence-corrected chi connectivity index (χ3v) is 4.88. The Morgan fingerprint density at radius 3 is 2.70 bits per heavy atom. The average molecular weight is 326 g/mol. The van der Waals surface area contributed by atoms with Crippen molar-refractivity contribution in [3.05, 3.63) is 18.1 Å². The Morgan fingerprint density at radius 1 is 1.30 bits per heavy atom. The van der Waals surface area contributed by atoms with Gasteiger partial charge in [0.2, 0.25) is 0 Å². The molecule has 5 nitrogen and oxygen atoms in total. The van der Waals surface area contributed by atoms with Gasteiger partial charge >= 0.3 is 6.18 Å². The van der Waals surface area contributed by atoms with Gasteiger partial charge in [-0.1, -0.05) is 0 Å². The molecule has 1 aromatic rings. The highest BCUT2D eigenvalue weighted by Gasteiger charge is 2.56. The second kappa shape index (κ2) is 5.96. The molecule has 0 bridgehead atoms. The molecule has 0 aliphatic carbocycles. The highest BCUT2D eigenvalue weighted by atomic mass is 19.4. The van der Waals surface area contributed by atoms with E-state index in [1.165, 1.54) is 12.4 Å². The van der Waals surface area contributed by atoms with Crippen molar-refractivity contribution < 1.29 is 17.9 Å². The minimum absolute atomic E-state index is 0.0297. The van der Waals surface area contributed by atoms with Gasteiger partial charge in [-0.15, -0.1) is 0 Å². The number of hydrogen-bond acceptors (Lipinski definition) is 5. The van der Waals surface area contributed by atoms with Gasteiger partial charge in [-0.25, -0.2) is 4.98 Å². The molecule has 0 aromatic carbocycles. The fourth-order valence-corrected chi connectivity index (χ4v) is 3.71. The zero-order chi connectivity index (χ0) is 16.5. The number of alkyl halides is 3. The zero-order valence-electron chi connectivity index (χ0n) is 12.5. The number of aromatic nitrogens is 2. The van der Waals surface area contributed by atoms with Crippen LogP contribution in [-0.2, 0) is 4.74 Å². The molecule has 0 saturated carbocycles. The minimum Gasteiger partial charge on any atom is -0.381 e. The maximum atomic E-state index is 13.5. The molecule has 8 heteroatoms. The summed E-state index contributed by atoms with van der Waals surface area (Å²) in [5.74, 6) is -0.849. The summed E-state index contributed by atoms with van der Waals surface area (Å²) in [4.78, 5) is 9.95. The molecule has 0 amide bonds. The van der Waals surface area contributed by atoms with Crippen molar-refractivity contribution in [2.45, 2.75) is 25.4 Å². The number of ether oxygens (including phenoxy) is 1. The Kier molecular flexibility index (Phi) is 4.15. The highest BCUT2D eigenvalue weighted by molar-refractivity contribution is 5.40. The van der Waals surface area contributed by atoms with E-state index in [1.54, 1.807) is 0 Å². The van der Waals surface area contributed by atoms with E-state index in [-0.39, 0.29) is 25.2 Å². The summed E-state index contributed by atoms with van der Waals surface area (Å²) in [6.07, 6.45) is -0.554. The fraction of sp³-hybridized carbons (Fsp3) is 0.667. The molecule has 23 heavy (non-hydrogen) atoms. The summed E-state index contributed by atoms with van der Waals surface area (Å²) < 4.78 is 45.7. The SMILES string of the molecule is N#Cc1cncc(N2CCC(C(F)(F)F)C3(CCOCC3)C2)n1. The molecular formula is C15H17F3N4O. The molecule has 3 rings (SSSR count). The van der Waals surface area contributed by atoms with Crippen LogP contribution in [0.5, 0.6) is 0 Å². The average Bonchev–Trinajstić information content (AvgIpc) is 2.54. The second-order valence-electron chi connectivity index (χ2n) is 6.15. The zero-order valence-corrected chi connectivity index (χ0v) is 12.5. The van der Waals surface area contributed by atoms with E-state index in [0.29, 0.717) is 31.9 Å². The van der Waals surface area contributed by atoms with Crippen molar-refractivity contribution in [3.63, 3.8) is 0 Å². The van der Waals surface area contributed by atoms with Gasteiger partial charge in [-0.2, -0.15) is 18.4 Å². The second-order valence-corrected chi connectivity index (χ2v) is 6.15. The normalized spacial score (nSPS) is 24.4. The third-order valence-electron chi connectivity index (χ3n) is 4.88. The van der Waals surface area contributed by atoms with Crippen LogP contribution in [0.2, 0.25) is 0 Å². The van der Waals surface area contributed by atoms with Crippen LogP contribution < -0.4 is 4.90 Å². The van der Waals surface area contributed by atoms with Gasteiger partial charge in [0.1, 0.15) is 11.9 Å². The molecule has 1 atom stereocenters. The summed E-state index contributed by atoms with van der Waals surface area (Å²) in [7, 11) is 0. The monoisotopic (exact) mass is 326 g/mol. The van der Waals surface area contributed by atoms with Gasteiger partial charge in [-0.3, -0.25) is 4.98 Å². The number of piperidine rings is 1. The fourth-order valence-electron chi connectivity index (χ4n) is 3.71. The molecule has 2 fully saturated rings. The van der Waals surface area contributed by atoms with Gasteiger partial charge < -0.3 is 9.64 Å². The maximum Gasteiger partial charge on any atom is 0.392 e. The number of hydrogen-bond donors (Lipinski definition) is 0. The molecule has 1 unspecified atom stereocenters. The van der Waals surface area contributed by atoms with Crippen LogP contribution in [0.25, 0.3) is 0 Å². The Hall–Kier alpha value is -1.88. The van der Waals surface area contributed by atoms with Gasteiger partial charge in [0.05, 0.1) is 18.3 Å². The number of halogens is 3. The Bertz CT molecular complexity index is 607. The summed E-state index contributed by atoms with van der Waals surface area (Å²) >= 11 is 0. The van der Waals surface area contributed by atoms with E-state index in [9.17, 15) is 13.2 Å². The van der Waals surface area contributed by atoms with E-state index in [4.69, 9.17) is 10.00 Å². The van der Waals surface area contributed by atoms with Gasteiger partial charge in [0.25, 0.3) is 0 Å². The lowest BCUT2D eigenvalue weighted by atomic mass is 9.66. The van der Waals surface area contributed by atoms with Crippen molar-refractivity contribution in [2.24, 2.45) is 11.3 Å². The molecule has 2 saturated heterocycles. The van der Waals surface area contributed by atoms with Crippen molar-refractivity contribution in [2.75, 3.05) is 31.2 Å². The first-order chi connectivity index (χ1) is 10.9. The quantitative estimate of drug-likeness (QED) is 0.793. The number of nitriles is 1. The molecule has 2 aliphatic heterocycles. The molecule has 1 aromatic heterocycles. The van der Waals surface area contributed by atoms with E-state index in [0.717, 1.165) is 0 Å². The van der Waals surface area contributed by atoms with Crippen LogP contribution in [0.15, 0.2) is 12.4 Å². The summed E-state index contributed by atoms with van der Waals surface area (Å²) in [6, 6.07) is 1.91. The van der Waals surface area contributed by atoms with Gasteiger partial charge in [0.15, 0.2) is 5.69 Å². The molecule has 3 heterocycles. The van der Waals surface area contributed by atoms with Crippen molar-refractivity contribution >= 4 is 5.82 Å². The first-order valence-corrected chi connectivity index (χ1v) is 7.56. The molecule has 0 N–H and O–H groups in total. The summed E-state index contributed by atoms with van der Waals surface area (Å²) in [5.41, 5.74) is -0.680. The topological polar surface area (TPSA) is 62.0 Å². The highest BCUT2D eigenvalue weighted by Crippen LogP contribution is 2.51. The molecule has 0 radical (unpaired) electrons. The Morgan fingerprint density at radius 2 is 2.04 bits per heavy atom. The summed E-state index contributed by atoms with van der Waals surface area (Å²) in [5, 5.41) is 8.92. The predicted octanol–water partition coefficient (Wildman–Crippen LogP) is 2.53. The van der Waals surface area contributed by atoms with E-state index in [2.05, 4.69) is 9.97 Å².